The number of para-hydroxylation sites is 2. The molecule has 0 aliphatic carbocycles. The van der Waals surface area contributed by atoms with Crippen molar-refractivity contribution >= 4 is 11.0 Å². The molecule has 1 N–H and O–H groups in total. The maximum atomic E-state index is 12.2. The third-order valence-electron chi connectivity index (χ3n) is 4.34. The number of rotatable bonds is 6. The number of pyridine rings is 1. The first-order valence-electron chi connectivity index (χ1n) is 8.83. The van der Waals surface area contributed by atoms with E-state index in [0.29, 0.717) is 24.8 Å². The molecular weight excluding hydrogens is 334 g/mol. The van der Waals surface area contributed by atoms with Crippen LogP contribution in [0.2, 0.25) is 0 Å². The Hall–Kier alpha value is -2.64. The summed E-state index contributed by atoms with van der Waals surface area (Å²) >= 11 is 0. The minimum Gasteiger partial charge on any atom is -0.475 e. The second-order valence-electron chi connectivity index (χ2n) is 6.15. The number of imidazole rings is 1. The first-order chi connectivity index (χ1) is 12.8. The fourth-order valence-corrected chi connectivity index (χ4v) is 3.07. The monoisotopic (exact) mass is 355 g/mol. The number of hydrogen-bond acceptors (Lipinski definition) is 5. The lowest BCUT2D eigenvalue weighted by molar-refractivity contribution is -0.165. The number of fused-ring (bicyclic) bond motifs is 1. The average Bonchev–Trinajstić information content (AvgIpc) is 3.02. The lowest BCUT2D eigenvalue weighted by Crippen LogP contribution is -2.24. The highest BCUT2D eigenvalue weighted by Crippen LogP contribution is 2.17. The molecule has 1 fully saturated rings. The van der Waals surface area contributed by atoms with Crippen LogP contribution in [0, 0.1) is 0 Å². The first-order valence-corrected chi connectivity index (χ1v) is 8.83. The Bertz CT molecular complexity index is 910. The van der Waals surface area contributed by atoms with Crippen molar-refractivity contribution in [3.63, 3.8) is 0 Å². The van der Waals surface area contributed by atoms with E-state index in [-0.39, 0.29) is 12.0 Å². The van der Waals surface area contributed by atoms with Gasteiger partial charge in [0.2, 0.25) is 5.88 Å². The molecular formula is C19H21N3O4. The van der Waals surface area contributed by atoms with Crippen molar-refractivity contribution in [1.82, 2.24) is 14.5 Å². The topological polar surface area (TPSA) is 78.4 Å². The summed E-state index contributed by atoms with van der Waals surface area (Å²) in [6.07, 6.45) is 4.69. The van der Waals surface area contributed by atoms with Gasteiger partial charge < -0.3 is 19.2 Å². The van der Waals surface area contributed by atoms with E-state index in [4.69, 9.17) is 14.2 Å². The molecule has 2 aromatic heterocycles. The van der Waals surface area contributed by atoms with E-state index in [1.807, 2.05) is 30.3 Å². The zero-order valence-electron chi connectivity index (χ0n) is 14.4. The van der Waals surface area contributed by atoms with E-state index in [2.05, 4.69) is 9.97 Å². The summed E-state index contributed by atoms with van der Waals surface area (Å²) < 4.78 is 18.3. The van der Waals surface area contributed by atoms with Crippen LogP contribution in [0.4, 0.5) is 0 Å². The zero-order chi connectivity index (χ0) is 17.8. The molecule has 136 valence electrons. The second-order valence-corrected chi connectivity index (χ2v) is 6.15. The summed E-state index contributed by atoms with van der Waals surface area (Å²) in [5, 5.41) is 0. The van der Waals surface area contributed by atoms with Crippen molar-refractivity contribution in [3.05, 3.63) is 53.1 Å². The van der Waals surface area contributed by atoms with Gasteiger partial charge in [-0.15, -0.1) is 0 Å². The zero-order valence-corrected chi connectivity index (χ0v) is 14.4. The fourth-order valence-electron chi connectivity index (χ4n) is 3.07. The van der Waals surface area contributed by atoms with Gasteiger partial charge in [0.05, 0.1) is 29.5 Å². The van der Waals surface area contributed by atoms with Crippen LogP contribution in [-0.2, 0) is 9.47 Å². The van der Waals surface area contributed by atoms with Crippen LogP contribution >= 0.6 is 0 Å². The third-order valence-corrected chi connectivity index (χ3v) is 4.34. The predicted molar refractivity (Wildman–Crippen MR) is 96.7 cm³/mol. The molecule has 0 amide bonds. The molecule has 0 radical (unpaired) electrons. The normalized spacial score (nSPS) is 17.5. The van der Waals surface area contributed by atoms with Crippen molar-refractivity contribution in [2.24, 2.45) is 0 Å². The minimum absolute atomic E-state index is 0.114. The molecule has 26 heavy (non-hydrogen) atoms. The maximum absolute atomic E-state index is 12.2. The number of nitrogens with zero attached hydrogens (tertiary/aromatic N) is 2. The van der Waals surface area contributed by atoms with Crippen LogP contribution < -0.4 is 10.4 Å². The number of aromatic nitrogens is 3. The van der Waals surface area contributed by atoms with E-state index in [1.165, 1.54) is 0 Å². The van der Waals surface area contributed by atoms with E-state index < -0.39 is 0 Å². The number of nitrogens with one attached hydrogen (secondary N) is 1. The Morgan fingerprint density at radius 1 is 1.19 bits per heavy atom. The molecule has 0 bridgehead atoms. The van der Waals surface area contributed by atoms with Crippen molar-refractivity contribution in [2.75, 3.05) is 19.8 Å². The Morgan fingerprint density at radius 2 is 2.12 bits per heavy atom. The van der Waals surface area contributed by atoms with Gasteiger partial charge in [0.15, 0.2) is 6.29 Å². The average molecular weight is 355 g/mol. The third kappa shape index (κ3) is 3.63. The summed E-state index contributed by atoms with van der Waals surface area (Å²) in [6, 6.07) is 11.1. The molecule has 1 aliphatic rings. The Morgan fingerprint density at radius 3 is 2.92 bits per heavy atom. The lowest BCUT2D eigenvalue weighted by Gasteiger charge is -2.22. The van der Waals surface area contributed by atoms with Crippen molar-refractivity contribution in [1.29, 1.82) is 0 Å². The predicted octanol–water partition coefficient (Wildman–Crippen LogP) is 2.64. The highest BCUT2D eigenvalue weighted by atomic mass is 16.7. The van der Waals surface area contributed by atoms with Gasteiger partial charge in [-0.2, -0.15) is 0 Å². The standard InChI is InChI=1S/C19H21N3O4/c23-19-21-15-5-1-2-6-16(15)22(19)14-8-9-17(20-13-14)24-11-12-26-18-7-3-4-10-25-18/h1-2,5-6,8-9,13,18H,3-4,7,10-12H2,(H,21,23). The highest BCUT2D eigenvalue weighted by Gasteiger charge is 2.13. The summed E-state index contributed by atoms with van der Waals surface area (Å²) in [7, 11) is 0. The molecule has 7 heteroatoms. The lowest BCUT2D eigenvalue weighted by atomic mass is 10.2. The van der Waals surface area contributed by atoms with Gasteiger partial charge >= 0.3 is 5.69 Å². The fraction of sp³-hybridized carbons (Fsp3) is 0.368. The molecule has 0 spiro atoms. The second kappa shape index (κ2) is 7.72. The van der Waals surface area contributed by atoms with Gasteiger partial charge in [0, 0.05) is 12.7 Å². The molecule has 3 heterocycles. The number of ether oxygens (including phenoxy) is 3. The van der Waals surface area contributed by atoms with Crippen LogP contribution in [0.25, 0.3) is 16.7 Å². The first kappa shape index (κ1) is 16.8. The Labute approximate surface area is 150 Å². The van der Waals surface area contributed by atoms with Gasteiger partial charge in [-0.3, -0.25) is 4.57 Å². The number of aromatic amines is 1. The van der Waals surface area contributed by atoms with Gasteiger partial charge in [-0.25, -0.2) is 9.78 Å². The van der Waals surface area contributed by atoms with Crippen LogP contribution in [0.15, 0.2) is 47.4 Å². The quantitative estimate of drug-likeness (QED) is 0.688. The van der Waals surface area contributed by atoms with Gasteiger partial charge in [0.25, 0.3) is 0 Å². The molecule has 1 aliphatic heterocycles. The van der Waals surface area contributed by atoms with E-state index in [1.54, 1.807) is 16.8 Å². The molecule has 3 aromatic rings. The molecule has 0 saturated carbocycles. The molecule has 1 atom stereocenters. The van der Waals surface area contributed by atoms with Gasteiger partial charge in [-0.05, 0) is 37.5 Å². The smallest absolute Gasteiger partial charge is 0.331 e. The van der Waals surface area contributed by atoms with Gasteiger partial charge in [0.1, 0.15) is 6.61 Å². The largest absolute Gasteiger partial charge is 0.475 e. The number of benzene rings is 1. The number of H-pyrrole nitrogens is 1. The molecule has 7 nitrogen and oxygen atoms in total. The Balaban J connectivity index is 1.37. The minimum atomic E-state index is -0.192. The van der Waals surface area contributed by atoms with Crippen molar-refractivity contribution in [2.45, 2.75) is 25.6 Å². The van der Waals surface area contributed by atoms with E-state index in [0.717, 1.165) is 36.9 Å². The molecule has 4 rings (SSSR count). The van der Waals surface area contributed by atoms with Crippen molar-refractivity contribution < 1.29 is 14.2 Å². The maximum Gasteiger partial charge on any atom is 0.331 e. The highest BCUT2D eigenvalue weighted by molar-refractivity contribution is 5.77. The SMILES string of the molecule is O=c1[nH]c2ccccc2n1-c1ccc(OCCOC2CCCCO2)nc1. The van der Waals surface area contributed by atoms with Crippen LogP contribution in [0.3, 0.4) is 0 Å². The van der Waals surface area contributed by atoms with E-state index >= 15 is 0 Å². The number of hydrogen-bond donors (Lipinski definition) is 1. The summed E-state index contributed by atoms with van der Waals surface area (Å²) in [6.45, 7) is 1.62. The Kier molecular flexibility index (Phi) is 4.99. The van der Waals surface area contributed by atoms with Crippen LogP contribution in [-0.4, -0.2) is 40.6 Å². The molecule has 1 unspecified atom stereocenters. The summed E-state index contributed by atoms with van der Waals surface area (Å²) in [5.74, 6) is 0.495. The van der Waals surface area contributed by atoms with Crippen LogP contribution in [0.5, 0.6) is 5.88 Å². The molecule has 1 saturated heterocycles. The molecule has 1 aromatic carbocycles. The van der Waals surface area contributed by atoms with E-state index in [9.17, 15) is 4.79 Å². The van der Waals surface area contributed by atoms with Crippen LogP contribution in [0.1, 0.15) is 19.3 Å². The van der Waals surface area contributed by atoms with Gasteiger partial charge in [-0.1, -0.05) is 12.1 Å². The summed E-state index contributed by atoms with van der Waals surface area (Å²) in [5.41, 5.74) is 2.10. The summed E-state index contributed by atoms with van der Waals surface area (Å²) in [4.78, 5) is 19.3. The van der Waals surface area contributed by atoms with Crippen molar-refractivity contribution in [3.8, 4) is 11.6 Å².